The van der Waals surface area contributed by atoms with Crippen molar-refractivity contribution in [3.63, 3.8) is 0 Å². The van der Waals surface area contributed by atoms with Gasteiger partial charge < -0.3 is 0 Å². The van der Waals surface area contributed by atoms with E-state index >= 15 is 0 Å². The molecule has 1 unspecified atom stereocenters. The van der Waals surface area contributed by atoms with Crippen LogP contribution >= 0.6 is 0 Å². The Morgan fingerprint density at radius 3 is 2.58 bits per heavy atom. The molecular formula is C7H13NO3S. The maximum atomic E-state index is 11.2. The SMILES string of the molecule is NS(=O)(=O)CC1CCCCC1=O. The Kier molecular flexibility index (Phi) is 2.85. The Hall–Kier alpha value is -0.420. The third kappa shape index (κ3) is 2.91. The summed E-state index contributed by atoms with van der Waals surface area (Å²) in [4.78, 5) is 11.2. The van der Waals surface area contributed by atoms with Gasteiger partial charge in [0, 0.05) is 12.3 Å². The summed E-state index contributed by atoms with van der Waals surface area (Å²) in [6.45, 7) is 0. The molecule has 0 heterocycles. The van der Waals surface area contributed by atoms with E-state index in [4.69, 9.17) is 5.14 Å². The summed E-state index contributed by atoms with van der Waals surface area (Å²) < 4.78 is 21.3. The van der Waals surface area contributed by atoms with Crippen molar-refractivity contribution in [1.29, 1.82) is 0 Å². The number of nitrogens with two attached hydrogens (primary N) is 1. The monoisotopic (exact) mass is 191 g/mol. The summed E-state index contributed by atoms with van der Waals surface area (Å²) in [5.41, 5.74) is 0. The fraction of sp³-hybridized carbons (Fsp3) is 0.857. The minimum Gasteiger partial charge on any atom is -0.299 e. The maximum Gasteiger partial charge on any atom is 0.209 e. The molecule has 5 heteroatoms. The molecule has 0 aromatic carbocycles. The number of hydrogen-bond acceptors (Lipinski definition) is 3. The average Bonchev–Trinajstić information content (AvgIpc) is 1.91. The van der Waals surface area contributed by atoms with Gasteiger partial charge >= 0.3 is 0 Å². The Balaban J connectivity index is 2.56. The number of hydrogen-bond donors (Lipinski definition) is 1. The summed E-state index contributed by atoms with van der Waals surface area (Å²) >= 11 is 0. The Bertz CT molecular complexity index is 270. The van der Waals surface area contributed by atoms with Crippen LogP contribution in [0.1, 0.15) is 25.7 Å². The molecule has 1 fully saturated rings. The van der Waals surface area contributed by atoms with E-state index in [9.17, 15) is 13.2 Å². The molecule has 0 amide bonds. The molecule has 1 atom stereocenters. The summed E-state index contributed by atoms with van der Waals surface area (Å²) in [6.07, 6.45) is 3.02. The van der Waals surface area contributed by atoms with E-state index < -0.39 is 10.0 Å². The van der Waals surface area contributed by atoms with Crippen molar-refractivity contribution < 1.29 is 13.2 Å². The zero-order valence-corrected chi connectivity index (χ0v) is 7.64. The third-order valence-corrected chi connectivity index (χ3v) is 2.98. The van der Waals surface area contributed by atoms with E-state index in [1.807, 2.05) is 0 Å². The Morgan fingerprint density at radius 2 is 2.08 bits per heavy atom. The van der Waals surface area contributed by atoms with Crippen LogP contribution in [0.5, 0.6) is 0 Å². The molecule has 0 aromatic rings. The predicted octanol–water partition coefficient (Wildman–Crippen LogP) is 0.0342. The molecule has 12 heavy (non-hydrogen) atoms. The molecule has 1 saturated carbocycles. The van der Waals surface area contributed by atoms with Gasteiger partial charge in [0.15, 0.2) is 0 Å². The molecule has 1 aliphatic carbocycles. The van der Waals surface area contributed by atoms with Gasteiger partial charge in [0.1, 0.15) is 5.78 Å². The van der Waals surface area contributed by atoms with Gasteiger partial charge in [-0.2, -0.15) is 0 Å². The highest BCUT2D eigenvalue weighted by molar-refractivity contribution is 7.89. The van der Waals surface area contributed by atoms with E-state index in [1.165, 1.54) is 0 Å². The molecule has 0 bridgehead atoms. The van der Waals surface area contributed by atoms with Crippen LogP contribution < -0.4 is 5.14 Å². The van der Waals surface area contributed by atoms with E-state index in [2.05, 4.69) is 0 Å². The lowest BCUT2D eigenvalue weighted by Crippen LogP contribution is -2.30. The van der Waals surface area contributed by atoms with Crippen LogP contribution in [-0.2, 0) is 14.8 Å². The quantitative estimate of drug-likeness (QED) is 0.669. The van der Waals surface area contributed by atoms with E-state index in [0.29, 0.717) is 12.8 Å². The standard InChI is InChI=1S/C7H13NO3S/c8-12(10,11)5-6-3-1-2-4-7(6)9/h6H,1-5H2,(H2,8,10,11). The van der Waals surface area contributed by atoms with Crippen molar-refractivity contribution in [2.45, 2.75) is 25.7 Å². The summed E-state index contributed by atoms with van der Waals surface area (Å²) in [7, 11) is -3.48. The lowest BCUT2D eigenvalue weighted by Gasteiger charge is -2.18. The van der Waals surface area contributed by atoms with Crippen LogP contribution in [0.15, 0.2) is 0 Å². The topological polar surface area (TPSA) is 77.2 Å². The van der Waals surface area contributed by atoms with Crippen LogP contribution in [0, 0.1) is 5.92 Å². The van der Waals surface area contributed by atoms with Crippen LogP contribution in [0.2, 0.25) is 0 Å². The smallest absolute Gasteiger partial charge is 0.209 e. The van der Waals surface area contributed by atoms with Crippen LogP contribution in [-0.4, -0.2) is 20.0 Å². The third-order valence-electron chi connectivity index (χ3n) is 2.11. The number of rotatable bonds is 2. The highest BCUT2D eigenvalue weighted by Gasteiger charge is 2.25. The molecule has 4 nitrogen and oxygen atoms in total. The molecule has 0 saturated heterocycles. The largest absolute Gasteiger partial charge is 0.299 e. The summed E-state index contributed by atoms with van der Waals surface area (Å²) in [5, 5.41) is 4.85. The molecule has 1 aliphatic rings. The predicted molar refractivity (Wildman–Crippen MR) is 44.9 cm³/mol. The minimum atomic E-state index is -3.48. The second-order valence-electron chi connectivity index (χ2n) is 3.24. The summed E-state index contributed by atoms with van der Waals surface area (Å²) in [5.74, 6) is -0.463. The molecule has 70 valence electrons. The average molecular weight is 191 g/mol. The molecular weight excluding hydrogens is 178 g/mol. The van der Waals surface area contributed by atoms with Crippen molar-refractivity contribution >= 4 is 15.8 Å². The van der Waals surface area contributed by atoms with Crippen molar-refractivity contribution in [2.24, 2.45) is 11.1 Å². The number of carbonyl (C=O) groups is 1. The van der Waals surface area contributed by atoms with E-state index in [0.717, 1.165) is 12.8 Å². The first-order valence-electron chi connectivity index (χ1n) is 4.02. The number of ketones is 1. The fourth-order valence-corrected chi connectivity index (χ4v) is 2.43. The minimum absolute atomic E-state index is 0.0512. The van der Waals surface area contributed by atoms with Gasteiger partial charge in [0.05, 0.1) is 5.75 Å². The zero-order chi connectivity index (χ0) is 9.19. The second kappa shape index (κ2) is 3.53. The van der Waals surface area contributed by atoms with Gasteiger partial charge in [-0.25, -0.2) is 13.6 Å². The summed E-state index contributed by atoms with van der Waals surface area (Å²) in [6, 6.07) is 0. The maximum absolute atomic E-state index is 11.2. The van der Waals surface area contributed by atoms with Crippen molar-refractivity contribution in [3.05, 3.63) is 0 Å². The number of primary sulfonamides is 1. The molecule has 1 rings (SSSR count). The molecule has 0 radical (unpaired) electrons. The van der Waals surface area contributed by atoms with Gasteiger partial charge in [0.25, 0.3) is 0 Å². The Morgan fingerprint density at radius 1 is 1.42 bits per heavy atom. The lowest BCUT2D eigenvalue weighted by atomic mass is 9.89. The number of carbonyl (C=O) groups excluding carboxylic acids is 1. The lowest BCUT2D eigenvalue weighted by molar-refractivity contribution is -0.123. The normalized spacial score (nSPS) is 25.8. The molecule has 2 N–H and O–H groups in total. The van der Waals surface area contributed by atoms with Crippen LogP contribution in [0.3, 0.4) is 0 Å². The fourth-order valence-electron chi connectivity index (χ4n) is 1.51. The molecule has 0 aliphatic heterocycles. The molecule has 0 spiro atoms. The Labute approximate surface area is 72.2 Å². The van der Waals surface area contributed by atoms with Gasteiger partial charge in [-0.15, -0.1) is 0 Å². The van der Waals surface area contributed by atoms with E-state index in [-0.39, 0.29) is 17.5 Å². The van der Waals surface area contributed by atoms with Gasteiger partial charge in [-0.3, -0.25) is 4.79 Å². The first kappa shape index (κ1) is 9.67. The number of sulfonamides is 1. The van der Waals surface area contributed by atoms with Gasteiger partial charge in [0.2, 0.25) is 10.0 Å². The van der Waals surface area contributed by atoms with Crippen LogP contribution in [0.4, 0.5) is 0 Å². The van der Waals surface area contributed by atoms with E-state index in [1.54, 1.807) is 0 Å². The van der Waals surface area contributed by atoms with Crippen molar-refractivity contribution in [1.82, 2.24) is 0 Å². The second-order valence-corrected chi connectivity index (χ2v) is 4.90. The zero-order valence-electron chi connectivity index (χ0n) is 6.82. The first-order valence-corrected chi connectivity index (χ1v) is 5.74. The first-order chi connectivity index (χ1) is 5.49. The highest BCUT2D eigenvalue weighted by atomic mass is 32.2. The number of Topliss-reactive ketones (excluding diaryl/α,β-unsaturated/α-hetero) is 1. The van der Waals surface area contributed by atoms with Gasteiger partial charge in [-0.05, 0) is 12.8 Å². The highest BCUT2D eigenvalue weighted by Crippen LogP contribution is 2.21. The molecule has 0 aromatic heterocycles. The van der Waals surface area contributed by atoms with Crippen LogP contribution in [0.25, 0.3) is 0 Å². The van der Waals surface area contributed by atoms with Gasteiger partial charge in [-0.1, -0.05) is 6.42 Å². The van der Waals surface area contributed by atoms with Crippen molar-refractivity contribution in [3.8, 4) is 0 Å². The van der Waals surface area contributed by atoms with Crippen molar-refractivity contribution in [2.75, 3.05) is 5.75 Å².